The Morgan fingerprint density at radius 3 is 2.42 bits per heavy atom. The number of hydrogen-bond donors (Lipinski definition) is 3. The summed E-state index contributed by atoms with van der Waals surface area (Å²) in [7, 11) is 0. The molecule has 0 radical (unpaired) electrons. The van der Waals surface area contributed by atoms with E-state index in [4.69, 9.17) is 23.2 Å². The molecule has 3 N–H and O–H groups in total. The Kier molecular flexibility index (Phi) is 3.73. The van der Waals surface area contributed by atoms with E-state index in [0.29, 0.717) is 0 Å². The van der Waals surface area contributed by atoms with E-state index in [1.807, 2.05) is 0 Å². The number of rotatable bonds is 2. The Balaban J connectivity index is 2.34. The highest BCUT2D eigenvalue weighted by atomic mass is 35.5. The van der Waals surface area contributed by atoms with Crippen molar-refractivity contribution in [3.8, 4) is 11.5 Å². The van der Waals surface area contributed by atoms with Gasteiger partial charge in [0.2, 0.25) is 0 Å². The molecule has 1 aromatic heterocycles. The summed E-state index contributed by atoms with van der Waals surface area (Å²) in [6.45, 7) is 0. The van der Waals surface area contributed by atoms with Crippen LogP contribution in [0.3, 0.4) is 0 Å². The number of carbonyl (C=O) groups excluding carboxylic acids is 1. The van der Waals surface area contributed by atoms with Crippen LogP contribution in [-0.4, -0.2) is 26.1 Å². The minimum atomic E-state index is -0.702. The molecule has 2 rings (SSSR count). The predicted molar refractivity (Wildman–Crippen MR) is 69.8 cm³/mol. The number of nitrogens with one attached hydrogen (secondary N) is 1. The van der Waals surface area contributed by atoms with Crippen LogP contribution in [0.1, 0.15) is 10.4 Å². The van der Waals surface area contributed by atoms with Gasteiger partial charge >= 0.3 is 0 Å². The molecule has 0 saturated heterocycles. The summed E-state index contributed by atoms with van der Waals surface area (Å²) >= 11 is 11.5. The first-order valence-electron chi connectivity index (χ1n) is 4.98. The highest BCUT2D eigenvalue weighted by Gasteiger charge is 2.16. The number of aromatic nitrogens is 2. The summed E-state index contributed by atoms with van der Waals surface area (Å²) in [5, 5.41) is 21.1. The van der Waals surface area contributed by atoms with Gasteiger partial charge in [0.05, 0.1) is 5.56 Å². The molecule has 0 aliphatic rings. The zero-order valence-electron chi connectivity index (χ0n) is 9.26. The molecule has 1 amide bonds. The first-order valence-corrected chi connectivity index (χ1v) is 5.74. The van der Waals surface area contributed by atoms with E-state index in [-0.39, 0.29) is 33.1 Å². The van der Waals surface area contributed by atoms with Crippen LogP contribution in [-0.2, 0) is 0 Å². The molecule has 2 aromatic rings. The third-order valence-corrected chi connectivity index (χ3v) is 2.79. The van der Waals surface area contributed by atoms with Crippen molar-refractivity contribution in [2.75, 3.05) is 5.32 Å². The Morgan fingerprint density at radius 1 is 1.16 bits per heavy atom. The van der Waals surface area contributed by atoms with Crippen molar-refractivity contribution in [1.82, 2.24) is 9.97 Å². The van der Waals surface area contributed by atoms with E-state index in [0.717, 1.165) is 12.4 Å². The van der Waals surface area contributed by atoms with Crippen LogP contribution in [0.15, 0.2) is 24.5 Å². The molecule has 19 heavy (non-hydrogen) atoms. The summed E-state index contributed by atoms with van der Waals surface area (Å²) in [6.07, 6.45) is 1.14. The first kappa shape index (κ1) is 13.4. The van der Waals surface area contributed by atoms with E-state index in [2.05, 4.69) is 15.3 Å². The number of aromatic hydroxyl groups is 2. The number of phenolic OH excluding ortho intramolecular Hbond substituents is 2. The molecule has 0 aliphatic carbocycles. The summed E-state index contributed by atoms with van der Waals surface area (Å²) in [4.78, 5) is 19.3. The molecule has 6 nitrogen and oxygen atoms in total. The number of benzene rings is 1. The molecular weight excluding hydrogens is 293 g/mol. The smallest absolute Gasteiger partial charge is 0.259 e. The van der Waals surface area contributed by atoms with E-state index in [1.54, 1.807) is 0 Å². The molecular formula is C11H7Cl2N3O3. The second kappa shape index (κ2) is 5.29. The van der Waals surface area contributed by atoms with Crippen LogP contribution < -0.4 is 5.32 Å². The van der Waals surface area contributed by atoms with Gasteiger partial charge in [0.1, 0.15) is 23.5 Å². The van der Waals surface area contributed by atoms with Gasteiger partial charge in [-0.25, -0.2) is 9.97 Å². The fraction of sp³-hybridized carbons (Fsp3) is 0. The van der Waals surface area contributed by atoms with E-state index >= 15 is 0 Å². The summed E-state index contributed by atoms with van der Waals surface area (Å²) < 4.78 is 0. The topological polar surface area (TPSA) is 95.3 Å². The number of carbonyl (C=O) groups is 1. The van der Waals surface area contributed by atoms with Gasteiger partial charge in [0.25, 0.3) is 5.91 Å². The molecule has 0 spiro atoms. The van der Waals surface area contributed by atoms with Crippen molar-refractivity contribution in [3.63, 3.8) is 0 Å². The van der Waals surface area contributed by atoms with Crippen LogP contribution in [0.2, 0.25) is 10.3 Å². The SMILES string of the molecule is O=C(Nc1c(Cl)ncnc1Cl)c1cc(O)ccc1O. The lowest BCUT2D eigenvalue weighted by molar-refractivity contribution is 0.102. The third kappa shape index (κ3) is 2.86. The van der Waals surface area contributed by atoms with Crippen LogP contribution in [0.25, 0.3) is 0 Å². The Bertz CT molecular complexity index is 629. The van der Waals surface area contributed by atoms with E-state index in [1.165, 1.54) is 12.1 Å². The van der Waals surface area contributed by atoms with Crippen LogP contribution in [0, 0.1) is 0 Å². The van der Waals surface area contributed by atoms with Gasteiger partial charge in [-0.05, 0) is 18.2 Å². The Labute approximate surface area is 117 Å². The highest BCUT2D eigenvalue weighted by Crippen LogP contribution is 2.28. The minimum Gasteiger partial charge on any atom is -0.508 e. The number of amides is 1. The van der Waals surface area contributed by atoms with Crippen LogP contribution >= 0.6 is 23.2 Å². The molecule has 0 aliphatic heterocycles. The van der Waals surface area contributed by atoms with Gasteiger partial charge in [-0.15, -0.1) is 0 Å². The lowest BCUT2D eigenvalue weighted by atomic mass is 10.1. The highest BCUT2D eigenvalue weighted by molar-refractivity contribution is 6.38. The van der Waals surface area contributed by atoms with Gasteiger partial charge < -0.3 is 15.5 Å². The Hall–Kier alpha value is -2.05. The zero-order chi connectivity index (χ0) is 14.0. The molecule has 0 fully saturated rings. The normalized spacial score (nSPS) is 10.2. The number of halogens is 2. The van der Waals surface area contributed by atoms with Crippen molar-refractivity contribution in [2.45, 2.75) is 0 Å². The molecule has 0 bridgehead atoms. The molecule has 1 heterocycles. The van der Waals surface area contributed by atoms with E-state index < -0.39 is 5.91 Å². The fourth-order valence-corrected chi connectivity index (χ4v) is 1.74. The summed E-state index contributed by atoms with van der Waals surface area (Å²) in [6, 6.07) is 3.54. The summed E-state index contributed by atoms with van der Waals surface area (Å²) in [5.41, 5.74) is -0.102. The third-order valence-electron chi connectivity index (χ3n) is 2.22. The number of anilines is 1. The fourth-order valence-electron chi connectivity index (χ4n) is 1.33. The maximum absolute atomic E-state index is 11.9. The van der Waals surface area contributed by atoms with E-state index in [9.17, 15) is 15.0 Å². The minimum absolute atomic E-state index is 0.0265. The van der Waals surface area contributed by atoms with Gasteiger partial charge in [-0.1, -0.05) is 23.2 Å². The summed E-state index contributed by atoms with van der Waals surface area (Å²) in [5.74, 6) is -1.16. The predicted octanol–water partition coefficient (Wildman–Crippen LogP) is 2.45. The largest absolute Gasteiger partial charge is 0.508 e. The molecule has 0 unspecified atom stereocenters. The maximum Gasteiger partial charge on any atom is 0.259 e. The lowest BCUT2D eigenvalue weighted by Crippen LogP contribution is -2.13. The lowest BCUT2D eigenvalue weighted by Gasteiger charge is -2.09. The van der Waals surface area contributed by atoms with Crippen LogP contribution in [0.4, 0.5) is 5.69 Å². The average Bonchev–Trinajstić information content (AvgIpc) is 2.37. The zero-order valence-corrected chi connectivity index (χ0v) is 10.8. The van der Waals surface area contributed by atoms with Gasteiger partial charge in [0, 0.05) is 0 Å². The van der Waals surface area contributed by atoms with Gasteiger partial charge in [-0.2, -0.15) is 0 Å². The van der Waals surface area contributed by atoms with Crippen molar-refractivity contribution < 1.29 is 15.0 Å². The molecule has 8 heteroatoms. The molecule has 0 atom stereocenters. The average molecular weight is 300 g/mol. The second-order valence-corrected chi connectivity index (χ2v) is 4.20. The number of phenols is 2. The number of hydrogen-bond acceptors (Lipinski definition) is 5. The first-order chi connectivity index (χ1) is 8.99. The standard InChI is InChI=1S/C11H7Cl2N3O3/c12-9-8(10(13)15-4-14-9)16-11(19)6-3-5(17)1-2-7(6)18/h1-4,17-18H,(H,16,19). The molecule has 1 aromatic carbocycles. The van der Waals surface area contributed by atoms with Crippen molar-refractivity contribution in [2.24, 2.45) is 0 Å². The maximum atomic E-state index is 11.9. The van der Waals surface area contributed by atoms with Crippen LogP contribution in [0.5, 0.6) is 11.5 Å². The monoisotopic (exact) mass is 299 g/mol. The van der Waals surface area contributed by atoms with Crippen molar-refractivity contribution in [1.29, 1.82) is 0 Å². The Morgan fingerprint density at radius 2 is 1.79 bits per heavy atom. The second-order valence-electron chi connectivity index (χ2n) is 3.49. The van der Waals surface area contributed by atoms with Crippen molar-refractivity contribution >= 4 is 34.8 Å². The van der Waals surface area contributed by atoms with Crippen molar-refractivity contribution in [3.05, 3.63) is 40.4 Å². The molecule has 0 saturated carbocycles. The van der Waals surface area contributed by atoms with Gasteiger partial charge in [0.15, 0.2) is 10.3 Å². The molecule has 98 valence electrons. The quantitative estimate of drug-likeness (QED) is 0.585. The number of nitrogens with zero attached hydrogens (tertiary/aromatic N) is 2. The van der Waals surface area contributed by atoms with Gasteiger partial charge in [-0.3, -0.25) is 4.79 Å².